The lowest BCUT2D eigenvalue weighted by Gasteiger charge is -2.40. The lowest BCUT2D eigenvalue weighted by atomic mass is 9.91. The van der Waals surface area contributed by atoms with Gasteiger partial charge in [-0.1, -0.05) is 0 Å². The molecule has 1 aromatic rings. The van der Waals surface area contributed by atoms with Gasteiger partial charge in [-0.15, -0.1) is 0 Å². The fraction of sp³-hybridized carbons (Fsp3) is 0.643. The maximum atomic E-state index is 12.6. The fourth-order valence-corrected chi connectivity index (χ4v) is 2.94. The highest BCUT2D eigenvalue weighted by Gasteiger charge is 2.52. The van der Waals surface area contributed by atoms with Gasteiger partial charge in [0, 0.05) is 25.5 Å². The number of carbonyl (C=O) groups is 2. The maximum absolute atomic E-state index is 12.6. The minimum Gasteiger partial charge on any atom is -0.340 e. The molecule has 3 rings (SSSR count). The van der Waals surface area contributed by atoms with Crippen molar-refractivity contribution in [2.45, 2.75) is 38.8 Å². The van der Waals surface area contributed by atoms with Gasteiger partial charge in [0.25, 0.3) is 0 Å². The Balaban J connectivity index is 1.70. The third-order valence-electron chi connectivity index (χ3n) is 4.39. The zero-order chi connectivity index (χ0) is 14.3. The summed E-state index contributed by atoms with van der Waals surface area (Å²) in [6.07, 6.45) is 5.69. The largest absolute Gasteiger partial charge is 0.340 e. The summed E-state index contributed by atoms with van der Waals surface area (Å²) in [5.41, 5.74) is -0.695. The predicted octanol–water partition coefficient (Wildman–Crippen LogP) is 0.319. The van der Waals surface area contributed by atoms with Crippen molar-refractivity contribution < 1.29 is 9.59 Å². The van der Waals surface area contributed by atoms with Gasteiger partial charge in [0.2, 0.25) is 11.8 Å². The Labute approximate surface area is 118 Å². The molecule has 1 saturated carbocycles. The summed E-state index contributed by atoms with van der Waals surface area (Å²) >= 11 is 0. The third-order valence-corrected chi connectivity index (χ3v) is 4.39. The van der Waals surface area contributed by atoms with E-state index in [1.807, 2.05) is 24.6 Å². The van der Waals surface area contributed by atoms with Crippen LogP contribution in [0.15, 0.2) is 12.4 Å². The molecular weight excluding hydrogens is 256 g/mol. The summed E-state index contributed by atoms with van der Waals surface area (Å²) in [6.45, 7) is 5.17. The van der Waals surface area contributed by atoms with Crippen molar-refractivity contribution in [2.75, 3.05) is 13.1 Å². The first-order valence-corrected chi connectivity index (χ1v) is 7.09. The highest BCUT2D eigenvalue weighted by Crippen LogP contribution is 2.41. The van der Waals surface area contributed by atoms with Crippen LogP contribution in [0.4, 0.5) is 0 Å². The van der Waals surface area contributed by atoms with Crippen LogP contribution in [0.2, 0.25) is 0 Å². The Morgan fingerprint density at radius 3 is 2.75 bits per heavy atom. The van der Waals surface area contributed by atoms with E-state index in [-0.39, 0.29) is 18.4 Å². The first kappa shape index (κ1) is 13.1. The summed E-state index contributed by atoms with van der Waals surface area (Å²) in [5.74, 6) is 1.22. The summed E-state index contributed by atoms with van der Waals surface area (Å²) in [6, 6.07) is 0. The quantitative estimate of drug-likeness (QED) is 0.861. The second-order valence-corrected chi connectivity index (χ2v) is 5.92. The minimum absolute atomic E-state index is 0.0531. The molecule has 1 aliphatic carbocycles. The summed E-state index contributed by atoms with van der Waals surface area (Å²) in [4.78, 5) is 30.3. The van der Waals surface area contributed by atoms with Crippen molar-refractivity contribution in [1.82, 2.24) is 19.8 Å². The third kappa shape index (κ3) is 2.19. The molecule has 2 aliphatic rings. The van der Waals surface area contributed by atoms with Gasteiger partial charge in [-0.25, -0.2) is 4.98 Å². The average molecular weight is 276 g/mol. The molecule has 1 unspecified atom stereocenters. The number of nitrogens with zero attached hydrogens (tertiary/aromatic N) is 3. The molecule has 1 saturated heterocycles. The number of hydrogen-bond donors (Lipinski definition) is 1. The van der Waals surface area contributed by atoms with E-state index in [4.69, 9.17) is 0 Å². The summed E-state index contributed by atoms with van der Waals surface area (Å²) < 4.78 is 1.99. The predicted molar refractivity (Wildman–Crippen MR) is 72.8 cm³/mol. The molecule has 2 amide bonds. The Kier molecular flexibility index (Phi) is 3.03. The van der Waals surface area contributed by atoms with Gasteiger partial charge in [-0.3, -0.25) is 9.59 Å². The van der Waals surface area contributed by atoms with Crippen LogP contribution < -0.4 is 5.32 Å². The van der Waals surface area contributed by atoms with Crippen LogP contribution in [0, 0.1) is 12.8 Å². The molecule has 0 bridgehead atoms. The van der Waals surface area contributed by atoms with E-state index in [0.29, 0.717) is 19.0 Å². The highest BCUT2D eigenvalue weighted by molar-refractivity contribution is 5.98. The Bertz CT molecular complexity index is 549. The number of imidazole rings is 1. The second-order valence-electron chi connectivity index (χ2n) is 5.92. The smallest absolute Gasteiger partial charge is 0.248 e. The van der Waals surface area contributed by atoms with E-state index in [2.05, 4.69) is 10.3 Å². The van der Waals surface area contributed by atoms with Gasteiger partial charge in [-0.05, 0) is 32.6 Å². The lowest BCUT2D eigenvalue weighted by Crippen LogP contribution is -2.66. The number of aromatic nitrogens is 2. The number of aryl methyl sites for hydroxylation is 1. The zero-order valence-corrected chi connectivity index (χ0v) is 11.9. The minimum atomic E-state index is -0.695. The lowest BCUT2D eigenvalue weighted by molar-refractivity contribution is -0.150. The molecule has 6 nitrogen and oxygen atoms in total. The van der Waals surface area contributed by atoms with E-state index < -0.39 is 5.54 Å². The van der Waals surface area contributed by atoms with E-state index >= 15 is 0 Å². The Morgan fingerprint density at radius 1 is 1.40 bits per heavy atom. The van der Waals surface area contributed by atoms with Crippen LogP contribution in [-0.4, -0.2) is 44.9 Å². The van der Waals surface area contributed by atoms with Crippen molar-refractivity contribution >= 4 is 11.8 Å². The molecule has 1 aliphatic heterocycles. The van der Waals surface area contributed by atoms with Crippen molar-refractivity contribution in [3.63, 3.8) is 0 Å². The van der Waals surface area contributed by atoms with Crippen LogP contribution in [0.1, 0.15) is 25.6 Å². The first-order valence-electron chi connectivity index (χ1n) is 7.09. The van der Waals surface area contributed by atoms with Crippen molar-refractivity contribution in [3.8, 4) is 0 Å². The van der Waals surface area contributed by atoms with Crippen molar-refractivity contribution in [1.29, 1.82) is 0 Å². The van der Waals surface area contributed by atoms with Crippen molar-refractivity contribution in [3.05, 3.63) is 18.2 Å². The van der Waals surface area contributed by atoms with E-state index in [0.717, 1.165) is 18.7 Å². The molecule has 6 heteroatoms. The van der Waals surface area contributed by atoms with Crippen LogP contribution >= 0.6 is 0 Å². The number of piperazine rings is 1. The summed E-state index contributed by atoms with van der Waals surface area (Å²) in [7, 11) is 0. The summed E-state index contributed by atoms with van der Waals surface area (Å²) in [5, 5.41) is 2.89. The number of carbonyl (C=O) groups excluding carboxylic acids is 2. The van der Waals surface area contributed by atoms with Gasteiger partial charge < -0.3 is 14.8 Å². The molecule has 1 aromatic heterocycles. The maximum Gasteiger partial charge on any atom is 0.248 e. The monoisotopic (exact) mass is 276 g/mol. The molecule has 0 aromatic carbocycles. The fourth-order valence-electron chi connectivity index (χ4n) is 2.94. The number of rotatable bonds is 4. The van der Waals surface area contributed by atoms with E-state index in [1.54, 1.807) is 11.1 Å². The number of amides is 2. The van der Waals surface area contributed by atoms with Crippen LogP contribution in [0.3, 0.4) is 0 Å². The molecule has 0 radical (unpaired) electrons. The van der Waals surface area contributed by atoms with E-state index in [9.17, 15) is 9.59 Å². The molecule has 2 heterocycles. The van der Waals surface area contributed by atoms with Crippen LogP contribution in [-0.2, 0) is 16.1 Å². The van der Waals surface area contributed by atoms with Gasteiger partial charge in [0.1, 0.15) is 11.4 Å². The van der Waals surface area contributed by atoms with Crippen LogP contribution in [0.5, 0.6) is 0 Å². The first-order chi connectivity index (χ1) is 9.50. The molecule has 2 fully saturated rings. The topological polar surface area (TPSA) is 67.2 Å². The standard InChI is InChI=1S/C14H20N4O2/c1-10-15-5-6-17(10)7-8-18-9-12(19)16-14(2,13(18)20)11-3-4-11/h5-6,11H,3-4,7-9H2,1-2H3,(H,16,19). The molecular formula is C14H20N4O2. The number of hydrogen-bond acceptors (Lipinski definition) is 3. The molecule has 20 heavy (non-hydrogen) atoms. The zero-order valence-electron chi connectivity index (χ0n) is 11.9. The SMILES string of the molecule is Cc1nccn1CCN1CC(=O)NC(C)(C2CC2)C1=O. The second kappa shape index (κ2) is 4.61. The normalized spacial score (nSPS) is 26.8. The molecule has 1 N–H and O–H groups in total. The average Bonchev–Trinajstić information content (AvgIpc) is 3.17. The Morgan fingerprint density at radius 2 is 2.15 bits per heavy atom. The van der Waals surface area contributed by atoms with E-state index in [1.165, 1.54) is 0 Å². The van der Waals surface area contributed by atoms with Gasteiger partial charge >= 0.3 is 0 Å². The van der Waals surface area contributed by atoms with Gasteiger partial charge in [0.05, 0.1) is 6.54 Å². The van der Waals surface area contributed by atoms with Crippen LogP contribution in [0.25, 0.3) is 0 Å². The van der Waals surface area contributed by atoms with Crippen molar-refractivity contribution in [2.24, 2.45) is 5.92 Å². The number of nitrogens with one attached hydrogen (secondary N) is 1. The Hall–Kier alpha value is -1.85. The van der Waals surface area contributed by atoms with Gasteiger partial charge in [-0.2, -0.15) is 0 Å². The highest BCUT2D eigenvalue weighted by atomic mass is 16.2. The van der Waals surface area contributed by atoms with Gasteiger partial charge in [0.15, 0.2) is 0 Å². The molecule has 1 atom stereocenters. The molecule has 108 valence electrons. The molecule has 0 spiro atoms.